The van der Waals surface area contributed by atoms with Crippen LogP contribution in [-0.4, -0.2) is 46.3 Å². The van der Waals surface area contributed by atoms with Crippen molar-refractivity contribution < 1.29 is 33.8 Å². The van der Waals surface area contributed by atoms with Gasteiger partial charge in [0.2, 0.25) is 11.8 Å². The largest absolute Gasteiger partial charge is 0.481 e. The lowest BCUT2D eigenvalue weighted by atomic mass is 9.38. The summed E-state index contributed by atoms with van der Waals surface area (Å²) in [6, 6.07) is 6.97. The Balaban J connectivity index is 1.02. The number of carbonyl (C=O) groups excluding carboxylic acids is 4. The van der Waals surface area contributed by atoms with Crippen molar-refractivity contribution in [3.8, 4) is 0 Å². The van der Waals surface area contributed by atoms with Gasteiger partial charge in [0, 0.05) is 17.1 Å². The summed E-state index contributed by atoms with van der Waals surface area (Å²) in [6.45, 7) is 13.4. The van der Waals surface area contributed by atoms with Crippen molar-refractivity contribution in [3.63, 3.8) is 0 Å². The van der Waals surface area contributed by atoms with Crippen LogP contribution in [0.15, 0.2) is 35.4 Å². The summed E-state index contributed by atoms with van der Waals surface area (Å²) in [6.07, 6.45) is 10.7. The smallest absolute Gasteiger partial charge is 0.309 e. The van der Waals surface area contributed by atoms with Gasteiger partial charge in [-0.25, -0.2) is 0 Å². The zero-order valence-electron chi connectivity index (χ0n) is 34.8. The fourth-order valence-corrected chi connectivity index (χ4v) is 14.6. The summed E-state index contributed by atoms with van der Waals surface area (Å²) in [5.74, 6) is -0.676. The van der Waals surface area contributed by atoms with Crippen molar-refractivity contribution >= 4 is 46.8 Å². The van der Waals surface area contributed by atoms with E-state index in [1.165, 1.54) is 5.57 Å². The van der Waals surface area contributed by atoms with Gasteiger partial charge in [-0.15, -0.1) is 0 Å². The molecular formula is C47H63ClN2O7. The molecule has 6 fully saturated rings. The highest BCUT2D eigenvalue weighted by molar-refractivity contribution is 6.30. The molecule has 0 heterocycles. The third kappa shape index (κ3) is 6.32. The van der Waals surface area contributed by atoms with Crippen LogP contribution in [0.25, 0.3) is 0 Å². The Hall–Kier alpha value is -3.20. The number of nitrogens with one attached hydrogen (secondary N) is 2. The van der Waals surface area contributed by atoms with E-state index in [9.17, 15) is 29.1 Å². The maximum absolute atomic E-state index is 14.7. The first-order chi connectivity index (χ1) is 27.0. The van der Waals surface area contributed by atoms with E-state index in [1.54, 1.807) is 24.3 Å². The Morgan fingerprint density at radius 3 is 2.12 bits per heavy atom. The zero-order chi connectivity index (χ0) is 40.8. The van der Waals surface area contributed by atoms with Crippen LogP contribution in [0.1, 0.15) is 131 Å². The molecule has 310 valence electrons. The predicted molar refractivity (Wildman–Crippen MR) is 218 cm³/mol. The lowest BCUT2D eigenvalue weighted by molar-refractivity contribution is -0.196. The monoisotopic (exact) mass is 802 g/mol. The normalized spacial score (nSPS) is 40.6. The molecule has 12 unspecified atom stereocenters. The predicted octanol–water partition coefficient (Wildman–Crippen LogP) is 9.18. The summed E-state index contributed by atoms with van der Waals surface area (Å²) in [7, 11) is 0. The second-order valence-corrected chi connectivity index (χ2v) is 20.9. The molecule has 7 aliphatic carbocycles. The summed E-state index contributed by atoms with van der Waals surface area (Å²) >= 11 is 6.11. The molecule has 1 aromatic rings. The number of benzene rings is 1. The maximum Gasteiger partial charge on any atom is 0.309 e. The van der Waals surface area contributed by atoms with Crippen molar-refractivity contribution in [3.05, 3.63) is 40.4 Å². The van der Waals surface area contributed by atoms with Gasteiger partial charge in [0.15, 0.2) is 5.78 Å². The van der Waals surface area contributed by atoms with Crippen LogP contribution in [-0.2, 0) is 28.7 Å². The first kappa shape index (κ1) is 40.6. The molecule has 0 spiro atoms. The van der Waals surface area contributed by atoms with E-state index in [1.807, 2.05) is 6.92 Å². The van der Waals surface area contributed by atoms with Crippen molar-refractivity contribution in [2.75, 3.05) is 5.32 Å². The van der Waals surface area contributed by atoms with Crippen LogP contribution in [0.2, 0.25) is 5.02 Å². The second kappa shape index (κ2) is 14.5. The number of hydrogen-bond donors (Lipinski definition) is 3. The number of carboxylic acids is 1. The standard InChI is InChI=1S/C47H63ClN2O7/c1-25(2)38-35(51)24-47(50-43(56)46(18-7-8-19-46)42(55)49-29-11-9-28(48)10-12-29)22-16-34-30(39(38)47)13-14-37-44(5)21-17-36(27(4)33(44)15-20-45(34,37)6)57-41(54)32-23-31(26(32)3)40(52)53/h9-12,25-27,30-34,36-37H,7-8,13-24H2,1-6H3,(H,49,55)(H,50,56)(H,52,53). The molecule has 9 nitrogen and oxygen atoms in total. The molecular weight excluding hydrogens is 740 g/mol. The molecule has 6 saturated carbocycles. The number of ketones is 1. The van der Waals surface area contributed by atoms with Gasteiger partial charge >= 0.3 is 11.9 Å². The highest BCUT2D eigenvalue weighted by Crippen LogP contribution is 2.71. The summed E-state index contributed by atoms with van der Waals surface area (Å²) in [5, 5.41) is 16.6. The van der Waals surface area contributed by atoms with Crippen LogP contribution in [0.3, 0.4) is 0 Å². The Bertz CT molecular complexity index is 1870. The topological polar surface area (TPSA) is 139 Å². The number of fused-ring (bicyclic) bond motifs is 7. The number of aliphatic carboxylic acids is 1. The van der Waals surface area contributed by atoms with E-state index >= 15 is 0 Å². The van der Waals surface area contributed by atoms with Crippen LogP contribution in [0, 0.1) is 69.5 Å². The number of rotatable bonds is 8. The molecule has 7 aliphatic rings. The third-order valence-corrected chi connectivity index (χ3v) is 17.8. The van der Waals surface area contributed by atoms with Crippen molar-refractivity contribution in [1.29, 1.82) is 0 Å². The first-order valence-corrected chi connectivity index (χ1v) is 22.4. The van der Waals surface area contributed by atoms with Crippen LogP contribution >= 0.6 is 11.6 Å². The number of halogens is 1. The molecule has 0 radical (unpaired) electrons. The van der Waals surface area contributed by atoms with Crippen molar-refractivity contribution in [2.24, 2.45) is 69.5 Å². The highest BCUT2D eigenvalue weighted by atomic mass is 35.5. The van der Waals surface area contributed by atoms with E-state index in [0.717, 1.165) is 63.4 Å². The molecule has 3 N–H and O–H groups in total. The molecule has 2 amide bonds. The number of hydrogen-bond acceptors (Lipinski definition) is 6. The van der Waals surface area contributed by atoms with E-state index in [2.05, 4.69) is 45.3 Å². The van der Waals surface area contributed by atoms with Gasteiger partial charge in [-0.1, -0.05) is 66.0 Å². The van der Waals surface area contributed by atoms with Gasteiger partial charge in [-0.3, -0.25) is 24.0 Å². The van der Waals surface area contributed by atoms with E-state index < -0.39 is 22.8 Å². The SMILES string of the molecule is CC(C)C1=C2C3CCC4C(C)(CCC5C(C)C(OC(=O)C6CC(C(=O)O)C6C)CCC54C)C3CCC2(NC(=O)C2(C(=O)Nc3ccc(Cl)cc3)CCCC2)CC1=O. The van der Waals surface area contributed by atoms with Gasteiger partial charge in [0.1, 0.15) is 11.5 Å². The molecule has 0 aliphatic heterocycles. The maximum atomic E-state index is 14.7. The molecule has 0 bridgehead atoms. The average Bonchev–Trinajstić information content (AvgIpc) is 3.76. The lowest BCUT2D eigenvalue weighted by Gasteiger charge is -2.67. The molecule has 0 saturated heterocycles. The summed E-state index contributed by atoms with van der Waals surface area (Å²) < 4.78 is 6.24. The minimum absolute atomic E-state index is 0.0363. The Morgan fingerprint density at radius 2 is 1.47 bits per heavy atom. The van der Waals surface area contributed by atoms with Crippen LogP contribution in [0.4, 0.5) is 5.69 Å². The van der Waals surface area contributed by atoms with E-state index in [-0.39, 0.29) is 76.5 Å². The van der Waals surface area contributed by atoms with Gasteiger partial charge in [0.25, 0.3) is 0 Å². The number of carboxylic acid groups (broad SMARTS) is 1. The van der Waals surface area contributed by atoms with Crippen LogP contribution < -0.4 is 10.6 Å². The molecule has 12 atom stereocenters. The van der Waals surface area contributed by atoms with Gasteiger partial charge < -0.3 is 20.5 Å². The quantitative estimate of drug-likeness (QED) is 0.176. The highest BCUT2D eigenvalue weighted by Gasteiger charge is 2.66. The molecule has 0 aromatic heterocycles. The number of Topliss-reactive ketones (excluding diaryl/α,β-unsaturated/α-hetero) is 1. The fraction of sp³-hybridized carbons (Fsp3) is 0.723. The number of amides is 2. The van der Waals surface area contributed by atoms with Gasteiger partial charge in [-0.05, 0) is 158 Å². The van der Waals surface area contributed by atoms with Crippen molar-refractivity contribution in [1.82, 2.24) is 5.32 Å². The average molecular weight is 803 g/mol. The number of carbonyl (C=O) groups is 5. The number of ether oxygens (including phenoxy) is 1. The molecule has 1 aromatic carbocycles. The number of allylic oxidation sites excluding steroid dienone is 1. The summed E-state index contributed by atoms with van der Waals surface area (Å²) in [4.78, 5) is 67.8. The third-order valence-electron chi connectivity index (χ3n) is 17.6. The van der Waals surface area contributed by atoms with Gasteiger partial charge in [-0.2, -0.15) is 0 Å². The van der Waals surface area contributed by atoms with Gasteiger partial charge in [0.05, 0.1) is 17.4 Å². The lowest BCUT2D eigenvalue weighted by Crippen LogP contribution is -2.63. The Morgan fingerprint density at radius 1 is 0.825 bits per heavy atom. The van der Waals surface area contributed by atoms with Crippen LogP contribution in [0.5, 0.6) is 0 Å². The number of anilines is 1. The Kier molecular flexibility index (Phi) is 10.3. The minimum Gasteiger partial charge on any atom is -0.481 e. The van der Waals surface area contributed by atoms with E-state index in [0.29, 0.717) is 54.1 Å². The van der Waals surface area contributed by atoms with E-state index in [4.69, 9.17) is 16.3 Å². The number of esters is 1. The summed E-state index contributed by atoms with van der Waals surface area (Å²) in [5.41, 5.74) is 0.873. The second-order valence-electron chi connectivity index (χ2n) is 20.4. The fourth-order valence-electron chi connectivity index (χ4n) is 14.5. The zero-order valence-corrected chi connectivity index (χ0v) is 35.5. The first-order valence-electron chi connectivity index (χ1n) is 22.1. The Labute approximate surface area is 343 Å². The minimum atomic E-state index is -1.20. The molecule has 10 heteroatoms. The van der Waals surface area contributed by atoms with Crippen molar-refractivity contribution in [2.45, 2.75) is 143 Å². The molecule has 8 rings (SSSR count). The molecule has 57 heavy (non-hydrogen) atoms.